The van der Waals surface area contributed by atoms with E-state index >= 15 is 0 Å². The number of para-hydroxylation sites is 1. The maximum atomic E-state index is 12.9. The molecule has 3 heterocycles. The quantitative estimate of drug-likeness (QED) is 0.836. The van der Waals surface area contributed by atoms with Gasteiger partial charge in [-0.15, -0.1) is 0 Å². The number of anilines is 1. The zero-order valence-corrected chi connectivity index (χ0v) is 14.0. The van der Waals surface area contributed by atoms with Crippen LogP contribution in [-0.4, -0.2) is 40.0 Å². The fraction of sp³-hybridized carbons (Fsp3) is 0.421. The molecule has 25 heavy (non-hydrogen) atoms. The third-order valence-corrected chi connectivity index (χ3v) is 6.04. The van der Waals surface area contributed by atoms with Crippen molar-refractivity contribution in [1.82, 2.24) is 15.1 Å². The van der Waals surface area contributed by atoms with Gasteiger partial charge in [0.15, 0.2) is 5.69 Å². The number of fused-ring (bicyclic) bond motifs is 3. The Kier molecular flexibility index (Phi) is 3.04. The molecule has 5 rings (SSSR count). The van der Waals surface area contributed by atoms with E-state index in [2.05, 4.69) is 15.5 Å². The second-order valence-corrected chi connectivity index (χ2v) is 7.26. The minimum Gasteiger partial charge on any atom is -0.337 e. The van der Waals surface area contributed by atoms with Crippen LogP contribution < -0.4 is 5.32 Å². The van der Waals surface area contributed by atoms with Gasteiger partial charge in [0.05, 0.1) is 5.41 Å². The van der Waals surface area contributed by atoms with E-state index in [0.717, 1.165) is 41.8 Å². The summed E-state index contributed by atoms with van der Waals surface area (Å²) < 4.78 is 0. The number of hydrogen-bond acceptors (Lipinski definition) is 3. The van der Waals surface area contributed by atoms with Crippen molar-refractivity contribution < 1.29 is 9.59 Å². The third kappa shape index (κ3) is 2.00. The molecule has 0 radical (unpaired) electrons. The zero-order chi connectivity index (χ0) is 17.0. The molecule has 1 fully saturated rings. The number of benzene rings is 1. The number of aromatic amines is 1. The Morgan fingerprint density at radius 3 is 2.80 bits per heavy atom. The Morgan fingerprint density at radius 1 is 1.16 bits per heavy atom. The van der Waals surface area contributed by atoms with Crippen molar-refractivity contribution >= 4 is 17.5 Å². The number of aromatic nitrogens is 2. The number of carbonyl (C=O) groups excluding carboxylic acids is 2. The summed E-state index contributed by atoms with van der Waals surface area (Å²) in [6, 6.07) is 7.90. The summed E-state index contributed by atoms with van der Waals surface area (Å²) in [5.41, 5.74) is 4.29. The Bertz CT molecular complexity index is 877. The standard InChI is InChI=1S/C19H20N4O2/c24-17(16-12-4-3-7-14(12)21-22-16)23-10-8-19(9-11-23)13-5-1-2-6-15(13)20-18(19)25/h1-2,5-6H,3-4,7-11H2,(H,20,25)(H,21,22). The van der Waals surface area contributed by atoms with Crippen LogP contribution in [0.25, 0.3) is 0 Å². The lowest BCUT2D eigenvalue weighted by atomic mass is 9.73. The molecule has 2 amide bonds. The number of nitrogens with one attached hydrogen (secondary N) is 2. The SMILES string of the molecule is O=C(c1n[nH]c2c1CCC2)N1CCC2(CC1)C(=O)Nc1ccccc12. The van der Waals surface area contributed by atoms with Gasteiger partial charge in [-0.1, -0.05) is 18.2 Å². The molecule has 128 valence electrons. The highest BCUT2D eigenvalue weighted by Gasteiger charge is 2.49. The molecule has 2 aromatic rings. The van der Waals surface area contributed by atoms with Crippen LogP contribution in [0.2, 0.25) is 0 Å². The first-order chi connectivity index (χ1) is 12.2. The van der Waals surface area contributed by atoms with Crippen LogP contribution in [0.3, 0.4) is 0 Å². The summed E-state index contributed by atoms with van der Waals surface area (Å²) in [6.45, 7) is 1.17. The zero-order valence-electron chi connectivity index (χ0n) is 14.0. The van der Waals surface area contributed by atoms with Crippen LogP contribution in [0.1, 0.15) is 46.6 Å². The molecule has 1 aromatic carbocycles. The van der Waals surface area contributed by atoms with Crippen molar-refractivity contribution in [2.75, 3.05) is 18.4 Å². The maximum absolute atomic E-state index is 12.9. The molecule has 1 aromatic heterocycles. The molecule has 0 saturated carbocycles. The Hall–Kier alpha value is -2.63. The van der Waals surface area contributed by atoms with Gasteiger partial charge in [0.2, 0.25) is 5.91 Å². The number of rotatable bonds is 1. The van der Waals surface area contributed by atoms with E-state index in [1.54, 1.807) is 0 Å². The van der Waals surface area contributed by atoms with Crippen LogP contribution >= 0.6 is 0 Å². The highest BCUT2D eigenvalue weighted by atomic mass is 16.2. The van der Waals surface area contributed by atoms with Gasteiger partial charge >= 0.3 is 0 Å². The molecule has 3 aliphatic rings. The van der Waals surface area contributed by atoms with E-state index < -0.39 is 5.41 Å². The van der Waals surface area contributed by atoms with Crippen LogP contribution in [0, 0.1) is 0 Å². The van der Waals surface area contributed by atoms with Crippen LogP contribution in [0.4, 0.5) is 5.69 Å². The number of carbonyl (C=O) groups is 2. The molecule has 2 N–H and O–H groups in total. The molecule has 6 nitrogen and oxygen atoms in total. The van der Waals surface area contributed by atoms with Crippen molar-refractivity contribution in [2.24, 2.45) is 0 Å². The van der Waals surface area contributed by atoms with E-state index in [1.807, 2.05) is 29.2 Å². The van der Waals surface area contributed by atoms with Crippen molar-refractivity contribution in [3.63, 3.8) is 0 Å². The first-order valence-corrected chi connectivity index (χ1v) is 8.95. The number of likely N-dealkylation sites (tertiary alicyclic amines) is 1. The molecular weight excluding hydrogens is 316 g/mol. The molecule has 0 unspecified atom stereocenters. The van der Waals surface area contributed by atoms with Crippen LogP contribution in [-0.2, 0) is 23.1 Å². The van der Waals surface area contributed by atoms with Crippen molar-refractivity contribution in [1.29, 1.82) is 0 Å². The second-order valence-electron chi connectivity index (χ2n) is 7.26. The normalized spacial score (nSPS) is 20.5. The van der Waals surface area contributed by atoms with Crippen molar-refractivity contribution in [3.05, 3.63) is 46.8 Å². The van der Waals surface area contributed by atoms with Gasteiger partial charge in [0.25, 0.3) is 5.91 Å². The minimum atomic E-state index is -0.485. The molecule has 2 aliphatic heterocycles. The van der Waals surface area contributed by atoms with Gasteiger partial charge < -0.3 is 10.2 Å². The summed E-state index contributed by atoms with van der Waals surface area (Å²) in [5.74, 6) is 0.0717. The second kappa shape index (κ2) is 5.18. The predicted molar refractivity (Wildman–Crippen MR) is 92.5 cm³/mol. The maximum Gasteiger partial charge on any atom is 0.274 e. The lowest BCUT2D eigenvalue weighted by molar-refractivity contribution is -0.122. The highest BCUT2D eigenvalue weighted by molar-refractivity contribution is 6.06. The average molecular weight is 336 g/mol. The monoisotopic (exact) mass is 336 g/mol. The number of nitrogens with zero attached hydrogens (tertiary/aromatic N) is 2. The summed E-state index contributed by atoms with van der Waals surface area (Å²) in [5, 5.41) is 10.3. The van der Waals surface area contributed by atoms with E-state index in [0.29, 0.717) is 31.6 Å². The van der Waals surface area contributed by atoms with Crippen molar-refractivity contribution in [2.45, 2.75) is 37.5 Å². The Labute approximate surface area is 145 Å². The number of H-pyrrole nitrogens is 1. The van der Waals surface area contributed by atoms with E-state index in [-0.39, 0.29) is 11.8 Å². The van der Waals surface area contributed by atoms with Crippen LogP contribution in [0.15, 0.2) is 24.3 Å². The van der Waals surface area contributed by atoms with E-state index in [4.69, 9.17) is 0 Å². The number of amides is 2. The number of aryl methyl sites for hydroxylation is 1. The average Bonchev–Trinajstić information content (AvgIpc) is 3.30. The van der Waals surface area contributed by atoms with E-state index in [1.165, 1.54) is 0 Å². The van der Waals surface area contributed by atoms with Gasteiger partial charge in [-0.2, -0.15) is 5.10 Å². The molecule has 1 spiro atoms. The third-order valence-electron chi connectivity index (χ3n) is 6.04. The van der Waals surface area contributed by atoms with Gasteiger partial charge in [-0.05, 0) is 43.7 Å². The van der Waals surface area contributed by atoms with Gasteiger partial charge in [0.1, 0.15) is 0 Å². The van der Waals surface area contributed by atoms with Crippen molar-refractivity contribution in [3.8, 4) is 0 Å². The molecular formula is C19H20N4O2. The smallest absolute Gasteiger partial charge is 0.274 e. The largest absolute Gasteiger partial charge is 0.337 e. The Morgan fingerprint density at radius 2 is 1.96 bits per heavy atom. The summed E-state index contributed by atoms with van der Waals surface area (Å²) in [4.78, 5) is 27.4. The first-order valence-electron chi connectivity index (χ1n) is 8.95. The Balaban J connectivity index is 1.38. The lowest BCUT2D eigenvalue weighted by Crippen LogP contribution is -2.48. The topological polar surface area (TPSA) is 78.1 Å². The first kappa shape index (κ1) is 14.7. The molecule has 0 atom stereocenters. The van der Waals surface area contributed by atoms with Crippen LogP contribution in [0.5, 0.6) is 0 Å². The fourth-order valence-corrected chi connectivity index (χ4v) is 4.61. The number of hydrogen-bond donors (Lipinski definition) is 2. The van der Waals surface area contributed by atoms with Gasteiger partial charge in [-0.25, -0.2) is 0 Å². The number of piperidine rings is 1. The summed E-state index contributed by atoms with van der Waals surface area (Å²) in [7, 11) is 0. The van der Waals surface area contributed by atoms with Gasteiger partial charge in [0, 0.05) is 30.0 Å². The molecule has 0 bridgehead atoms. The van der Waals surface area contributed by atoms with E-state index in [9.17, 15) is 9.59 Å². The minimum absolute atomic E-state index is 0.000871. The molecule has 1 saturated heterocycles. The molecule has 6 heteroatoms. The predicted octanol–water partition coefficient (Wildman–Crippen LogP) is 2.02. The summed E-state index contributed by atoms with van der Waals surface area (Å²) >= 11 is 0. The van der Waals surface area contributed by atoms with Gasteiger partial charge in [-0.3, -0.25) is 14.7 Å². The summed E-state index contributed by atoms with van der Waals surface area (Å²) in [6.07, 6.45) is 4.32. The highest BCUT2D eigenvalue weighted by Crippen LogP contribution is 2.44. The molecule has 1 aliphatic carbocycles. The fourth-order valence-electron chi connectivity index (χ4n) is 4.61. The lowest BCUT2D eigenvalue weighted by Gasteiger charge is -2.37.